The number of esters is 1. The molecular formula is C11H17N5O2. The molecule has 1 aliphatic heterocycles. The average Bonchev–Trinajstić information content (AvgIpc) is 2.46. The first kappa shape index (κ1) is 12.6. The molecule has 0 radical (unpaired) electrons. The van der Waals surface area contributed by atoms with Crippen LogP contribution in [0.1, 0.15) is 12.8 Å². The number of hydrogen-bond acceptors (Lipinski definition) is 7. The summed E-state index contributed by atoms with van der Waals surface area (Å²) in [5.41, 5.74) is 2.49. The Morgan fingerprint density at radius 1 is 1.50 bits per heavy atom. The number of carbonyl (C=O) groups is 1. The highest BCUT2D eigenvalue weighted by molar-refractivity contribution is 5.72. The molecule has 0 amide bonds. The van der Waals surface area contributed by atoms with Gasteiger partial charge in [0, 0.05) is 19.2 Å². The van der Waals surface area contributed by atoms with Gasteiger partial charge < -0.3 is 15.1 Å². The fourth-order valence-electron chi connectivity index (χ4n) is 2.11. The first-order chi connectivity index (χ1) is 8.74. The summed E-state index contributed by atoms with van der Waals surface area (Å²) in [7, 11) is 1.43. The molecule has 18 heavy (non-hydrogen) atoms. The van der Waals surface area contributed by atoms with E-state index in [2.05, 4.69) is 20.3 Å². The van der Waals surface area contributed by atoms with Gasteiger partial charge in [-0.15, -0.1) is 0 Å². The molecule has 0 aliphatic carbocycles. The lowest BCUT2D eigenvalue weighted by Crippen LogP contribution is -2.37. The van der Waals surface area contributed by atoms with Gasteiger partial charge in [-0.2, -0.15) is 0 Å². The van der Waals surface area contributed by atoms with Crippen molar-refractivity contribution in [3.63, 3.8) is 0 Å². The number of ether oxygens (including phenoxy) is 1. The molecule has 7 heteroatoms. The summed E-state index contributed by atoms with van der Waals surface area (Å²) < 4.78 is 4.76. The van der Waals surface area contributed by atoms with Gasteiger partial charge in [0.15, 0.2) is 0 Å². The molecule has 0 aromatic carbocycles. The van der Waals surface area contributed by atoms with Crippen molar-refractivity contribution in [2.75, 3.05) is 30.5 Å². The molecule has 0 saturated carbocycles. The Bertz CT molecular complexity index is 418. The zero-order valence-corrected chi connectivity index (χ0v) is 10.3. The van der Waals surface area contributed by atoms with E-state index in [1.54, 1.807) is 6.07 Å². The second-order valence-electron chi connectivity index (χ2n) is 4.19. The largest absolute Gasteiger partial charge is 0.469 e. The third kappa shape index (κ3) is 2.67. The van der Waals surface area contributed by atoms with Gasteiger partial charge in [0.2, 0.25) is 0 Å². The van der Waals surface area contributed by atoms with Crippen LogP contribution in [0, 0.1) is 5.92 Å². The van der Waals surface area contributed by atoms with Crippen LogP contribution >= 0.6 is 0 Å². The zero-order valence-electron chi connectivity index (χ0n) is 10.3. The summed E-state index contributed by atoms with van der Waals surface area (Å²) in [6, 6.07) is 1.79. The Kier molecular flexibility index (Phi) is 3.93. The van der Waals surface area contributed by atoms with Gasteiger partial charge in [0.1, 0.15) is 18.0 Å². The van der Waals surface area contributed by atoms with Gasteiger partial charge in [0.25, 0.3) is 0 Å². The minimum Gasteiger partial charge on any atom is -0.469 e. The number of nitrogens with zero attached hydrogens (tertiary/aromatic N) is 3. The highest BCUT2D eigenvalue weighted by Gasteiger charge is 2.26. The van der Waals surface area contributed by atoms with E-state index in [1.165, 1.54) is 13.4 Å². The highest BCUT2D eigenvalue weighted by Crippen LogP contribution is 2.23. The third-order valence-electron chi connectivity index (χ3n) is 3.15. The van der Waals surface area contributed by atoms with Crippen molar-refractivity contribution in [2.45, 2.75) is 12.8 Å². The first-order valence-electron chi connectivity index (χ1n) is 5.86. The molecule has 2 heterocycles. The number of piperidine rings is 1. The van der Waals surface area contributed by atoms with Crippen LogP contribution in [0.4, 0.5) is 11.6 Å². The van der Waals surface area contributed by atoms with Crippen molar-refractivity contribution in [2.24, 2.45) is 11.8 Å². The molecule has 0 unspecified atom stereocenters. The number of nitrogens with two attached hydrogens (primary N) is 1. The minimum atomic E-state index is -0.123. The lowest BCUT2D eigenvalue weighted by atomic mass is 9.97. The minimum absolute atomic E-state index is 0.000177. The molecule has 98 valence electrons. The topological polar surface area (TPSA) is 93.4 Å². The zero-order chi connectivity index (χ0) is 13.0. The summed E-state index contributed by atoms with van der Waals surface area (Å²) >= 11 is 0. The van der Waals surface area contributed by atoms with Crippen LogP contribution in [-0.4, -0.2) is 36.1 Å². The molecular weight excluding hydrogens is 234 g/mol. The quantitative estimate of drug-likeness (QED) is 0.448. The summed E-state index contributed by atoms with van der Waals surface area (Å²) in [5.74, 6) is 6.58. The van der Waals surface area contributed by atoms with E-state index in [1.807, 2.05) is 0 Å². The molecule has 1 fully saturated rings. The number of hydrazine groups is 1. The number of aromatic nitrogens is 2. The molecule has 0 atom stereocenters. The smallest absolute Gasteiger partial charge is 0.308 e. The maximum absolute atomic E-state index is 11.4. The van der Waals surface area contributed by atoms with E-state index in [-0.39, 0.29) is 11.9 Å². The van der Waals surface area contributed by atoms with E-state index in [9.17, 15) is 4.79 Å². The number of hydrogen-bond donors (Lipinski definition) is 2. The molecule has 1 aromatic heterocycles. The van der Waals surface area contributed by atoms with E-state index in [0.717, 1.165) is 31.7 Å². The number of rotatable bonds is 3. The Morgan fingerprint density at radius 2 is 2.22 bits per heavy atom. The lowest BCUT2D eigenvalue weighted by molar-refractivity contribution is -0.146. The van der Waals surface area contributed by atoms with Crippen LogP contribution in [0.5, 0.6) is 0 Å². The van der Waals surface area contributed by atoms with Crippen molar-refractivity contribution in [1.29, 1.82) is 0 Å². The predicted molar refractivity (Wildman–Crippen MR) is 66.8 cm³/mol. The number of nitrogen functional groups attached to an aromatic ring is 1. The van der Waals surface area contributed by atoms with Gasteiger partial charge >= 0.3 is 5.97 Å². The molecule has 1 saturated heterocycles. The summed E-state index contributed by atoms with van der Waals surface area (Å²) in [6.07, 6.45) is 3.03. The highest BCUT2D eigenvalue weighted by atomic mass is 16.5. The Balaban J connectivity index is 1.98. The second-order valence-corrected chi connectivity index (χ2v) is 4.19. The fraction of sp³-hybridized carbons (Fsp3) is 0.545. The molecule has 2 rings (SSSR count). The van der Waals surface area contributed by atoms with Crippen LogP contribution in [-0.2, 0) is 9.53 Å². The summed E-state index contributed by atoms with van der Waals surface area (Å²) in [5, 5.41) is 0. The molecule has 0 bridgehead atoms. The van der Waals surface area contributed by atoms with Gasteiger partial charge in [-0.05, 0) is 12.8 Å². The number of anilines is 2. The van der Waals surface area contributed by atoms with E-state index in [4.69, 9.17) is 10.6 Å². The normalized spacial score (nSPS) is 16.4. The summed E-state index contributed by atoms with van der Waals surface area (Å²) in [6.45, 7) is 1.56. The number of carbonyl (C=O) groups excluding carboxylic acids is 1. The lowest BCUT2D eigenvalue weighted by Gasteiger charge is -2.31. The average molecular weight is 251 g/mol. The van der Waals surface area contributed by atoms with Crippen molar-refractivity contribution in [3.05, 3.63) is 12.4 Å². The van der Waals surface area contributed by atoms with Crippen LogP contribution in [0.25, 0.3) is 0 Å². The SMILES string of the molecule is COC(=O)C1CCN(c2cc(NN)ncn2)CC1. The van der Waals surface area contributed by atoms with Crippen molar-refractivity contribution < 1.29 is 9.53 Å². The van der Waals surface area contributed by atoms with Crippen LogP contribution in [0.15, 0.2) is 12.4 Å². The standard InChI is InChI=1S/C11H17N5O2/c1-18-11(17)8-2-4-16(5-3-8)10-6-9(15-12)13-7-14-10/h6-8H,2-5,12H2,1H3,(H,13,14,15). The molecule has 1 aromatic rings. The van der Waals surface area contributed by atoms with Crippen molar-refractivity contribution in [1.82, 2.24) is 9.97 Å². The van der Waals surface area contributed by atoms with Crippen molar-refractivity contribution in [3.8, 4) is 0 Å². The van der Waals surface area contributed by atoms with Gasteiger partial charge in [-0.25, -0.2) is 15.8 Å². The van der Waals surface area contributed by atoms with Gasteiger partial charge in [0.05, 0.1) is 13.0 Å². The first-order valence-corrected chi connectivity index (χ1v) is 5.86. The fourth-order valence-corrected chi connectivity index (χ4v) is 2.11. The molecule has 3 N–H and O–H groups in total. The second kappa shape index (κ2) is 5.63. The maximum atomic E-state index is 11.4. The van der Waals surface area contributed by atoms with E-state index >= 15 is 0 Å². The Morgan fingerprint density at radius 3 is 2.83 bits per heavy atom. The monoisotopic (exact) mass is 251 g/mol. The predicted octanol–water partition coefficient (Wildman–Crippen LogP) is 0.152. The van der Waals surface area contributed by atoms with Gasteiger partial charge in [-0.3, -0.25) is 4.79 Å². The number of nitrogens with one attached hydrogen (secondary N) is 1. The molecule has 1 aliphatic rings. The van der Waals surface area contributed by atoms with Crippen LogP contribution in [0.2, 0.25) is 0 Å². The summed E-state index contributed by atoms with van der Waals surface area (Å²) in [4.78, 5) is 21.7. The van der Waals surface area contributed by atoms with Crippen molar-refractivity contribution >= 4 is 17.6 Å². The molecule has 7 nitrogen and oxygen atoms in total. The molecule has 0 spiro atoms. The van der Waals surface area contributed by atoms with Crippen LogP contribution < -0.4 is 16.2 Å². The third-order valence-corrected chi connectivity index (χ3v) is 3.15. The van der Waals surface area contributed by atoms with E-state index in [0.29, 0.717) is 5.82 Å². The van der Waals surface area contributed by atoms with Gasteiger partial charge in [-0.1, -0.05) is 0 Å². The Hall–Kier alpha value is -1.89. The van der Waals surface area contributed by atoms with E-state index < -0.39 is 0 Å². The van der Waals surface area contributed by atoms with Crippen LogP contribution in [0.3, 0.4) is 0 Å². The number of methoxy groups -OCH3 is 1. The Labute approximate surface area is 105 Å². The maximum Gasteiger partial charge on any atom is 0.308 e.